The number of carbonyl (C=O) groups excluding carboxylic acids is 1. The topological polar surface area (TPSA) is 20.3 Å². The first-order valence-corrected chi connectivity index (χ1v) is 12.2. The maximum atomic E-state index is 12.5. The molecule has 3 heterocycles. The monoisotopic (exact) mass is 399 g/mol. The first-order chi connectivity index (χ1) is 13.3. The molecule has 2 aliphatic rings. The number of thiophene rings is 2. The highest BCUT2D eigenvalue weighted by Crippen LogP contribution is 2.34. The van der Waals surface area contributed by atoms with Gasteiger partial charge in [0, 0.05) is 32.0 Å². The molecule has 27 heavy (non-hydrogen) atoms. The fourth-order valence-electron chi connectivity index (χ4n) is 4.58. The first-order valence-electron chi connectivity index (χ1n) is 10.3. The van der Waals surface area contributed by atoms with Crippen molar-refractivity contribution in [2.75, 3.05) is 19.6 Å². The van der Waals surface area contributed by atoms with Crippen molar-refractivity contribution in [1.82, 2.24) is 4.90 Å². The van der Waals surface area contributed by atoms with Gasteiger partial charge in [0.2, 0.25) is 0 Å². The number of Topliss-reactive ketones (excluding diaryl/α,β-unsaturated/α-hetero) is 1. The van der Waals surface area contributed by atoms with Gasteiger partial charge in [0.15, 0.2) is 0 Å². The minimum Gasteiger partial charge on any atom is -0.302 e. The summed E-state index contributed by atoms with van der Waals surface area (Å²) in [5, 5.41) is 8.90. The summed E-state index contributed by atoms with van der Waals surface area (Å²) < 4.78 is 0. The van der Waals surface area contributed by atoms with Crippen LogP contribution in [0, 0.1) is 5.92 Å². The Labute approximate surface area is 170 Å². The van der Waals surface area contributed by atoms with Crippen LogP contribution < -0.4 is 0 Å². The Bertz CT molecular complexity index is 708. The number of likely N-dealkylation sites (tertiary alicyclic amines) is 1. The second-order valence-electron chi connectivity index (χ2n) is 7.90. The predicted molar refractivity (Wildman–Crippen MR) is 117 cm³/mol. The average Bonchev–Trinajstić information content (AvgIpc) is 3.43. The van der Waals surface area contributed by atoms with Gasteiger partial charge in [-0.1, -0.05) is 24.8 Å². The average molecular weight is 400 g/mol. The summed E-state index contributed by atoms with van der Waals surface area (Å²) in [7, 11) is 0. The van der Waals surface area contributed by atoms with E-state index >= 15 is 0 Å². The van der Waals surface area contributed by atoms with E-state index in [1.807, 2.05) is 0 Å². The van der Waals surface area contributed by atoms with Crippen LogP contribution in [0.25, 0.3) is 5.57 Å². The van der Waals surface area contributed by atoms with Crippen LogP contribution in [0.1, 0.15) is 62.5 Å². The zero-order chi connectivity index (χ0) is 18.5. The number of carbonyl (C=O) groups is 1. The van der Waals surface area contributed by atoms with Crippen LogP contribution in [0.2, 0.25) is 0 Å². The van der Waals surface area contributed by atoms with Crippen LogP contribution >= 0.6 is 22.7 Å². The normalized spacial score (nSPS) is 19.3. The predicted octanol–water partition coefficient (Wildman–Crippen LogP) is 6.25. The largest absolute Gasteiger partial charge is 0.302 e. The zero-order valence-electron chi connectivity index (χ0n) is 16.0. The van der Waals surface area contributed by atoms with Gasteiger partial charge in [0.1, 0.15) is 5.78 Å². The Balaban J connectivity index is 1.36. The van der Waals surface area contributed by atoms with Gasteiger partial charge < -0.3 is 4.90 Å². The highest BCUT2D eigenvalue weighted by atomic mass is 32.1. The van der Waals surface area contributed by atoms with Crippen molar-refractivity contribution < 1.29 is 4.79 Å². The van der Waals surface area contributed by atoms with Crippen molar-refractivity contribution in [2.45, 2.75) is 51.4 Å². The Morgan fingerprint density at radius 2 is 1.59 bits per heavy atom. The minimum absolute atomic E-state index is 0.364. The number of hydrogen-bond donors (Lipinski definition) is 0. The summed E-state index contributed by atoms with van der Waals surface area (Å²) in [5.74, 6) is 0.885. The number of hydrogen-bond acceptors (Lipinski definition) is 4. The van der Waals surface area contributed by atoms with E-state index in [0.717, 1.165) is 51.7 Å². The Hall–Kier alpha value is -1.23. The lowest BCUT2D eigenvalue weighted by Crippen LogP contribution is -2.34. The molecule has 0 amide bonds. The third-order valence-electron chi connectivity index (χ3n) is 6.17. The van der Waals surface area contributed by atoms with Crippen molar-refractivity contribution in [3.8, 4) is 0 Å². The fourth-order valence-corrected chi connectivity index (χ4v) is 5.88. The lowest BCUT2D eigenvalue weighted by molar-refractivity contribution is -0.124. The van der Waals surface area contributed by atoms with Gasteiger partial charge in [-0.2, -0.15) is 22.7 Å². The SMILES string of the molecule is O=C(CCN1CCC(=C(c2ccsc2)c2ccsc2)CC1)C1CCCCC1. The van der Waals surface area contributed by atoms with Crippen molar-refractivity contribution in [3.63, 3.8) is 0 Å². The molecule has 0 bridgehead atoms. The molecule has 144 valence electrons. The molecule has 4 heteroatoms. The quantitative estimate of drug-likeness (QED) is 0.572. The van der Waals surface area contributed by atoms with E-state index in [1.165, 1.54) is 36.0 Å². The summed E-state index contributed by atoms with van der Waals surface area (Å²) in [6.07, 6.45) is 9.10. The van der Waals surface area contributed by atoms with E-state index < -0.39 is 0 Å². The van der Waals surface area contributed by atoms with E-state index in [4.69, 9.17) is 0 Å². The van der Waals surface area contributed by atoms with E-state index in [2.05, 4.69) is 38.6 Å². The van der Waals surface area contributed by atoms with E-state index in [9.17, 15) is 4.79 Å². The van der Waals surface area contributed by atoms with Gasteiger partial charge in [-0.15, -0.1) is 0 Å². The summed E-state index contributed by atoms with van der Waals surface area (Å²) >= 11 is 3.55. The fraction of sp³-hybridized carbons (Fsp3) is 0.522. The molecule has 4 rings (SSSR count). The first kappa shape index (κ1) is 19.1. The molecule has 0 spiro atoms. The van der Waals surface area contributed by atoms with Crippen molar-refractivity contribution in [2.24, 2.45) is 5.92 Å². The summed E-state index contributed by atoms with van der Waals surface area (Å²) in [6, 6.07) is 4.50. The molecular formula is C23H29NOS2. The number of ketones is 1. The second kappa shape index (κ2) is 9.31. The molecule has 0 aromatic carbocycles. The lowest BCUT2D eigenvalue weighted by Gasteiger charge is -2.30. The highest BCUT2D eigenvalue weighted by molar-refractivity contribution is 7.08. The molecule has 2 aromatic heterocycles. The molecule has 1 aliphatic carbocycles. The second-order valence-corrected chi connectivity index (χ2v) is 9.46. The Morgan fingerprint density at radius 3 is 2.15 bits per heavy atom. The van der Waals surface area contributed by atoms with Crippen LogP contribution in [0.3, 0.4) is 0 Å². The van der Waals surface area contributed by atoms with Gasteiger partial charge in [0.25, 0.3) is 0 Å². The van der Waals surface area contributed by atoms with Crippen LogP contribution in [0.5, 0.6) is 0 Å². The summed E-state index contributed by atoms with van der Waals surface area (Å²) in [5.41, 5.74) is 5.78. The third kappa shape index (κ3) is 4.79. The van der Waals surface area contributed by atoms with Crippen LogP contribution in [0.15, 0.2) is 39.2 Å². The van der Waals surface area contributed by atoms with Gasteiger partial charge in [-0.25, -0.2) is 0 Å². The molecule has 1 aliphatic heterocycles. The maximum absolute atomic E-state index is 12.5. The summed E-state index contributed by atoms with van der Waals surface area (Å²) in [4.78, 5) is 15.0. The van der Waals surface area contributed by atoms with E-state index in [0.29, 0.717) is 11.7 Å². The molecule has 0 atom stereocenters. The molecule has 1 saturated heterocycles. The molecule has 1 saturated carbocycles. The lowest BCUT2D eigenvalue weighted by atomic mass is 9.85. The van der Waals surface area contributed by atoms with Gasteiger partial charge in [0.05, 0.1) is 0 Å². The van der Waals surface area contributed by atoms with E-state index in [-0.39, 0.29) is 0 Å². The Morgan fingerprint density at radius 1 is 0.963 bits per heavy atom. The van der Waals surface area contributed by atoms with Crippen molar-refractivity contribution >= 4 is 34.0 Å². The third-order valence-corrected chi connectivity index (χ3v) is 7.53. The minimum atomic E-state index is 0.364. The van der Waals surface area contributed by atoms with Crippen LogP contribution in [0.4, 0.5) is 0 Å². The van der Waals surface area contributed by atoms with Gasteiger partial charge >= 0.3 is 0 Å². The zero-order valence-corrected chi connectivity index (χ0v) is 17.6. The molecule has 2 aromatic rings. The van der Waals surface area contributed by atoms with Crippen LogP contribution in [-0.2, 0) is 4.79 Å². The molecule has 0 N–H and O–H groups in total. The van der Waals surface area contributed by atoms with Gasteiger partial charge in [-0.3, -0.25) is 4.79 Å². The number of piperidine rings is 1. The van der Waals surface area contributed by atoms with Crippen molar-refractivity contribution in [3.05, 3.63) is 50.4 Å². The van der Waals surface area contributed by atoms with Crippen molar-refractivity contribution in [1.29, 1.82) is 0 Å². The van der Waals surface area contributed by atoms with E-state index in [1.54, 1.807) is 28.2 Å². The standard InChI is InChI=1S/C23H29NOS2/c25-22(18-4-2-1-3-5-18)8-13-24-11-6-19(7-12-24)23(20-9-14-26-16-20)21-10-15-27-17-21/h9-10,14-18H,1-8,11-13H2. The molecule has 2 nitrogen and oxygen atoms in total. The van der Waals surface area contributed by atoms with Gasteiger partial charge in [-0.05, 0) is 76.0 Å². The summed E-state index contributed by atoms with van der Waals surface area (Å²) in [6.45, 7) is 3.13. The molecule has 0 unspecified atom stereocenters. The molecular weight excluding hydrogens is 370 g/mol. The number of nitrogens with zero attached hydrogens (tertiary/aromatic N) is 1. The highest BCUT2D eigenvalue weighted by Gasteiger charge is 2.23. The van der Waals surface area contributed by atoms with Crippen LogP contribution in [-0.4, -0.2) is 30.3 Å². The smallest absolute Gasteiger partial charge is 0.137 e. The molecule has 2 fully saturated rings. The molecule has 0 radical (unpaired) electrons. The maximum Gasteiger partial charge on any atom is 0.137 e. The number of rotatable bonds is 6. The Kier molecular flexibility index (Phi) is 6.59.